The average molecular weight is 2090 g/mol. The van der Waals surface area contributed by atoms with E-state index in [1.54, 1.807) is 83.9 Å². The first kappa shape index (κ1) is 107. The maximum Gasteiger partial charge on any atom is 0.263 e. The Kier molecular flexibility index (Phi) is 35.3. The fourth-order valence-electron chi connectivity index (χ4n) is 19.9. The fourth-order valence-corrected chi connectivity index (χ4v) is 28.9. The maximum absolute atomic E-state index is 14.0. The van der Waals surface area contributed by atoms with E-state index in [1.165, 1.54) is 217 Å². The lowest BCUT2D eigenvalue weighted by Gasteiger charge is -2.33. The number of hydrogen-bond donors (Lipinski definition) is 4. The van der Waals surface area contributed by atoms with Crippen molar-refractivity contribution in [3.8, 4) is 0 Å². The number of carbonyl (C=O) groups is 4. The lowest BCUT2D eigenvalue weighted by atomic mass is 9.92. The Hall–Kier alpha value is -10.1. The van der Waals surface area contributed by atoms with Gasteiger partial charge in [-0.1, -0.05) is 65.7 Å². The lowest BCUT2D eigenvalue weighted by Crippen LogP contribution is -2.31. The normalized spacial score (nSPS) is 14.3. The molecule has 12 aromatic rings. The Labute approximate surface area is 851 Å². The molecule has 140 heavy (non-hydrogen) atoms. The Bertz CT molecular complexity index is 6980. The minimum Gasteiger partial charge on any atom is -0.371 e. The van der Waals surface area contributed by atoms with Crippen LogP contribution in [0, 0.1) is 122 Å². The number of ketones is 4. The number of rotatable bonds is 28. The molecule has 744 valence electrons. The molecular formula is C108H124Cl2F2N8O12S8. The molecule has 32 heteroatoms. The minimum atomic E-state index is -4.05. The van der Waals surface area contributed by atoms with Crippen LogP contribution in [0.5, 0.6) is 0 Å². The summed E-state index contributed by atoms with van der Waals surface area (Å²) in [5.74, 6) is -1.67. The van der Waals surface area contributed by atoms with Gasteiger partial charge in [0.15, 0.2) is 23.1 Å². The molecule has 4 aromatic heterocycles. The molecule has 0 amide bonds. The number of aryl methyl sites for hydroxylation is 11. The Morgan fingerprint density at radius 3 is 0.921 bits per heavy atom. The van der Waals surface area contributed by atoms with E-state index >= 15 is 0 Å². The molecule has 0 unspecified atom stereocenters. The van der Waals surface area contributed by atoms with Gasteiger partial charge in [0.05, 0.1) is 62.0 Å². The Morgan fingerprint density at radius 2 is 0.607 bits per heavy atom. The van der Waals surface area contributed by atoms with Crippen molar-refractivity contribution >= 4 is 177 Å². The first-order chi connectivity index (χ1) is 66.3. The highest BCUT2D eigenvalue weighted by Gasteiger charge is 2.33. The first-order valence-electron chi connectivity index (χ1n) is 47.3. The number of anilines is 8. The number of halogens is 4. The van der Waals surface area contributed by atoms with E-state index in [0.29, 0.717) is 41.3 Å². The van der Waals surface area contributed by atoms with Crippen LogP contribution in [0.1, 0.15) is 227 Å². The molecule has 4 N–H and O–H groups in total. The van der Waals surface area contributed by atoms with E-state index in [1.807, 2.05) is 34.6 Å². The van der Waals surface area contributed by atoms with Crippen LogP contribution < -0.4 is 38.5 Å². The van der Waals surface area contributed by atoms with Crippen LogP contribution in [0.15, 0.2) is 162 Å². The monoisotopic (exact) mass is 2090 g/mol. The van der Waals surface area contributed by atoms with Crippen molar-refractivity contribution in [2.45, 2.75) is 233 Å². The lowest BCUT2D eigenvalue weighted by molar-refractivity contribution is 0.0989. The quantitative estimate of drug-likeness (QED) is 0.0332. The molecule has 4 aliphatic heterocycles. The largest absolute Gasteiger partial charge is 0.371 e. The number of nitrogens with one attached hydrogen (secondary N) is 4. The van der Waals surface area contributed by atoms with Crippen molar-refractivity contribution in [2.75, 3.05) is 90.8 Å². The Morgan fingerprint density at radius 1 is 0.300 bits per heavy atom. The molecule has 0 saturated carbocycles. The molecule has 4 fully saturated rings. The van der Waals surface area contributed by atoms with Crippen LogP contribution in [0.25, 0.3) is 0 Å². The summed E-state index contributed by atoms with van der Waals surface area (Å²) in [6.45, 7) is 39.8. The van der Waals surface area contributed by atoms with Crippen molar-refractivity contribution in [2.24, 2.45) is 0 Å². The predicted octanol–water partition coefficient (Wildman–Crippen LogP) is 26.4. The fraction of sp³-hybridized carbons (Fsp3) is 0.370. The van der Waals surface area contributed by atoms with Crippen molar-refractivity contribution in [3.05, 3.63) is 295 Å². The van der Waals surface area contributed by atoms with Crippen LogP contribution in [-0.2, 0) is 65.8 Å². The van der Waals surface area contributed by atoms with Gasteiger partial charge in [-0.05, 0) is 394 Å². The van der Waals surface area contributed by atoms with Crippen LogP contribution in [0.3, 0.4) is 0 Å². The van der Waals surface area contributed by atoms with E-state index in [2.05, 4.69) is 118 Å². The summed E-state index contributed by atoms with van der Waals surface area (Å²) in [5.41, 5.74) is 25.5. The second-order valence-corrected chi connectivity index (χ2v) is 48.3. The molecule has 0 bridgehead atoms. The zero-order valence-corrected chi connectivity index (χ0v) is 90.3. The van der Waals surface area contributed by atoms with Crippen LogP contribution in [-0.4, -0.2) is 109 Å². The average Bonchev–Trinajstić information content (AvgIpc) is 1.14. The van der Waals surface area contributed by atoms with E-state index in [4.69, 9.17) is 23.2 Å². The van der Waals surface area contributed by atoms with Crippen LogP contribution >= 0.6 is 68.5 Å². The molecule has 4 aliphatic rings. The van der Waals surface area contributed by atoms with Gasteiger partial charge in [-0.25, -0.2) is 42.5 Å². The standard InChI is InChI=1S/2C27H31ClN2O3S2.2C27H31FN2O3S2/c1-17-14-19(3)26(30-11-6-5-7-12-30)20(4)22(17)16-24(31)27-23(10-13-34-27)29-35(32,33)25-9-8-21(28)15-18(25)2;1-17-8-9-25(22(28)14-17)35(32,33)29-23-10-13-34-27(23)24(31)16-21-18(2)15-19(3)26(20(21)4)30-11-6-5-7-12-30;1-17-8-9-21(15-23(17)28)35(32,33)29-24-10-13-34-27(24)25(31)16-22-18(2)14-19(3)26(20(22)4)30-11-6-5-7-12-30;1-17-15-18(2)26(30-12-6-5-7-13-30)19(3)21(17)16-24(31)27-23(11-14-34-27)29-35(32,33)25-10-8-9-22(28)20(25)4/h3*8-10,13-15,29H,5-7,11-12,16H2,1-4H3;8-11,14-15,29H,5-7,12-13,16H2,1-4H3. The minimum absolute atomic E-state index is 0.00855. The van der Waals surface area contributed by atoms with E-state index in [0.717, 1.165) is 131 Å². The highest BCUT2D eigenvalue weighted by atomic mass is 35.5. The maximum atomic E-state index is 14.0. The molecule has 0 radical (unpaired) electrons. The van der Waals surface area contributed by atoms with Crippen molar-refractivity contribution in [3.63, 3.8) is 0 Å². The van der Waals surface area contributed by atoms with Crippen molar-refractivity contribution < 1.29 is 61.6 Å². The third-order valence-corrected chi connectivity index (χ3v) is 37.1. The van der Waals surface area contributed by atoms with Crippen molar-refractivity contribution in [1.82, 2.24) is 0 Å². The number of hydrogen-bond acceptors (Lipinski definition) is 20. The number of sulfonamides is 4. The van der Waals surface area contributed by atoms with Gasteiger partial charge < -0.3 is 19.6 Å². The molecule has 4 saturated heterocycles. The summed E-state index contributed by atoms with van der Waals surface area (Å²) in [4.78, 5) is 64.8. The summed E-state index contributed by atoms with van der Waals surface area (Å²) in [6.07, 6.45) is 15.3. The highest BCUT2D eigenvalue weighted by molar-refractivity contribution is 7.93. The van der Waals surface area contributed by atoms with Gasteiger partial charge in [-0.3, -0.25) is 38.1 Å². The molecule has 20 nitrogen and oxygen atoms in total. The molecule has 0 atom stereocenters. The van der Waals surface area contributed by atoms with Crippen LogP contribution in [0.4, 0.5) is 54.3 Å². The number of benzene rings is 8. The number of Topliss-reactive ketones (excluding diaryl/α,β-unsaturated/α-hetero) is 4. The predicted molar refractivity (Wildman–Crippen MR) is 574 cm³/mol. The third kappa shape index (κ3) is 25.0. The van der Waals surface area contributed by atoms with Gasteiger partial charge in [-0.15, -0.1) is 45.3 Å². The topological polar surface area (TPSA) is 266 Å². The summed E-state index contributed by atoms with van der Waals surface area (Å²) < 4.78 is 142. The van der Waals surface area contributed by atoms with E-state index in [-0.39, 0.29) is 96.0 Å². The summed E-state index contributed by atoms with van der Waals surface area (Å²) in [7, 11) is -15.9. The number of piperidine rings is 4. The summed E-state index contributed by atoms with van der Waals surface area (Å²) in [6, 6.07) is 32.2. The zero-order chi connectivity index (χ0) is 101. The third-order valence-electron chi connectivity index (χ3n) is 26.8. The number of thiophene rings is 4. The molecule has 8 heterocycles. The van der Waals surface area contributed by atoms with Gasteiger partial charge in [-0.2, -0.15) is 0 Å². The van der Waals surface area contributed by atoms with Crippen molar-refractivity contribution in [1.29, 1.82) is 0 Å². The second-order valence-electron chi connectivity index (χ2n) is 37.1. The summed E-state index contributed by atoms with van der Waals surface area (Å²) >= 11 is 17.1. The van der Waals surface area contributed by atoms with Gasteiger partial charge in [0.25, 0.3) is 40.1 Å². The van der Waals surface area contributed by atoms with Crippen LogP contribution in [0.2, 0.25) is 10.0 Å². The molecule has 0 spiro atoms. The number of carbonyl (C=O) groups excluding carboxylic acids is 4. The Balaban J connectivity index is 0.000000157. The van der Waals surface area contributed by atoms with Gasteiger partial charge in [0.2, 0.25) is 0 Å². The van der Waals surface area contributed by atoms with Gasteiger partial charge in [0.1, 0.15) is 16.5 Å². The highest BCUT2D eigenvalue weighted by Crippen LogP contribution is 2.42. The molecule has 16 rings (SSSR count). The van der Waals surface area contributed by atoms with Gasteiger partial charge in [0, 0.05) is 111 Å². The van der Waals surface area contributed by atoms with E-state index < -0.39 is 51.7 Å². The second kappa shape index (κ2) is 46.1. The molecule has 8 aromatic carbocycles. The number of nitrogens with zero attached hydrogens (tertiary/aromatic N) is 4. The zero-order valence-electron chi connectivity index (χ0n) is 82.3. The van der Waals surface area contributed by atoms with Gasteiger partial charge >= 0.3 is 0 Å². The first-order valence-corrected chi connectivity index (χ1v) is 57.5. The van der Waals surface area contributed by atoms with E-state index in [9.17, 15) is 61.6 Å². The summed E-state index contributed by atoms with van der Waals surface area (Å²) in [5, 5.41) is 7.48. The SMILES string of the molecule is Cc1cc(C)c(N2CCCCC2)c(C)c1CC(=O)c1sccc1NS(=O)(=O)c1cccc(F)c1C.Cc1cc(Cl)ccc1S(=O)(=O)Nc1ccsc1C(=O)Cc1c(C)cc(C)c(N2CCCCC2)c1C.Cc1ccc(S(=O)(=O)Nc2ccsc2C(=O)Cc2c(C)cc(C)c(N3CCCCC3)c2C)c(Cl)c1.Cc1ccc(S(=O)(=O)Nc2ccsc2C(=O)Cc2c(C)cc(C)c(N3CCCCC3)c2C)cc1F. The molecule has 0 aliphatic carbocycles. The smallest absolute Gasteiger partial charge is 0.263 e. The molecular weight excluding hydrogens is 1970 g/mol.